The molecule has 78 valence electrons. The van der Waals surface area contributed by atoms with Crippen molar-refractivity contribution in [1.82, 2.24) is 5.32 Å². The van der Waals surface area contributed by atoms with E-state index in [9.17, 15) is 9.18 Å². The molecule has 0 fully saturated rings. The molecule has 1 unspecified atom stereocenters. The molecule has 0 aromatic heterocycles. The quantitative estimate of drug-likeness (QED) is 0.786. The summed E-state index contributed by atoms with van der Waals surface area (Å²) in [6.45, 7) is 1.77. The Labute approximate surface area is 88.9 Å². The Balaban J connectivity index is 0.00000169. The van der Waals surface area contributed by atoms with Gasteiger partial charge < -0.3 is 5.32 Å². The Kier molecular flexibility index (Phi) is 5.35. The first-order valence-electron chi connectivity index (χ1n) is 4.12. The number of likely N-dealkylation sites (N-methyl/N-ethyl adjacent to an activating group) is 1. The van der Waals surface area contributed by atoms with Gasteiger partial charge >= 0.3 is 0 Å². The number of hydrogen-bond acceptors (Lipinski definition) is 2. The van der Waals surface area contributed by atoms with Crippen molar-refractivity contribution in [2.75, 3.05) is 7.05 Å². The summed E-state index contributed by atoms with van der Waals surface area (Å²) in [6, 6.07) is 5.33. The molecule has 1 aromatic rings. The summed E-state index contributed by atoms with van der Waals surface area (Å²) in [7, 11) is 1.71. The second kappa shape index (κ2) is 5.73. The Morgan fingerprint density at radius 2 is 1.86 bits per heavy atom. The van der Waals surface area contributed by atoms with Gasteiger partial charge in [0.2, 0.25) is 0 Å². The smallest absolute Gasteiger partial charge is 0.179 e. The Hall–Kier alpha value is -0.930. The van der Waals surface area contributed by atoms with Crippen molar-refractivity contribution in [3.05, 3.63) is 35.6 Å². The average Bonchev–Trinajstić information content (AvgIpc) is 2.17. The summed E-state index contributed by atoms with van der Waals surface area (Å²) < 4.78 is 12.5. The fourth-order valence-corrected chi connectivity index (χ4v) is 0.995. The number of ketones is 1. The minimum atomic E-state index is -0.325. The molecule has 0 saturated carbocycles. The minimum Gasteiger partial charge on any atom is -0.310 e. The molecule has 0 spiro atoms. The van der Waals surface area contributed by atoms with E-state index in [1.807, 2.05) is 0 Å². The number of hydrogen-bond donors (Lipinski definition) is 1. The van der Waals surface area contributed by atoms with Gasteiger partial charge in [-0.1, -0.05) is 0 Å². The van der Waals surface area contributed by atoms with Gasteiger partial charge in [0.15, 0.2) is 5.78 Å². The molecule has 0 aliphatic rings. The van der Waals surface area contributed by atoms with E-state index >= 15 is 0 Å². The number of rotatable bonds is 3. The van der Waals surface area contributed by atoms with Crippen LogP contribution in [0.3, 0.4) is 0 Å². The standard InChI is InChI=1S/C10H12FNO.ClH/c1-7(12-2)10(13)8-3-5-9(11)6-4-8;/h3-7,12H,1-2H3;1H. The molecule has 14 heavy (non-hydrogen) atoms. The van der Waals surface area contributed by atoms with Crippen molar-refractivity contribution in [3.8, 4) is 0 Å². The lowest BCUT2D eigenvalue weighted by molar-refractivity contribution is 0.0955. The van der Waals surface area contributed by atoms with Crippen molar-refractivity contribution < 1.29 is 9.18 Å². The van der Waals surface area contributed by atoms with Crippen molar-refractivity contribution >= 4 is 18.2 Å². The predicted molar refractivity (Wildman–Crippen MR) is 56.5 cm³/mol. The molecule has 1 aromatic carbocycles. The van der Waals surface area contributed by atoms with Crippen LogP contribution in [0, 0.1) is 5.82 Å². The number of carbonyl (C=O) groups excluding carboxylic acids is 1. The minimum absolute atomic E-state index is 0. The van der Waals surface area contributed by atoms with Crippen molar-refractivity contribution in [2.45, 2.75) is 13.0 Å². The third-order valence-electron chi connectivity index (χ3n) is 1.96. The van der Waals surface area contributed by atoms with E-state index in [0.29, 0.717) is 5.56 Å². The highest BCUT2D eigenvalue weighted by molar-refractivity contribution is 5.99. The molecule has 1 N–H and O–H groups in total. The molecule has 0 aliphatic heterocycles. The highest BCUT2D eigenvalue weighted by Gasteiger charge is 2.12. The molecule has 4 heteroatoms. The van der Waals surface area contributed by atoms with Crippen LogP contribution in [0.25, 0.3) is 0 Å². The molecule has 0 saturated heterocycles. The number of carbonyl (C=O) groups is 1. The van der Waals surface area contributed by atoms with Gasteiger partial charge in [-0.05, 0) is 38.2 Å². The summed E-state index contributed by atoms with van der Waals surface area (Å²) in [4.78, 5) is 11.5. The van der Waals surface area contributed by atoms with Crippen LogP contribution in [0.2, 0.25) is 0 Å². The number of benzene rings is 1. The molecule has 1 rings (SSSR count). The van der Waals surface area contributed by atoms with Gasteiger partial charge in [0.05, 0.1) is 6.04 Å². The zero-order valence-electron chi connectivity index (χ0n) is 8.08. The van der Waals surface area contributed by atoms with Gasteiger partial charge in [-0.3, -0.25) is 4.79 Å². The summed E-state index contributed by atoms with van der Waals surface area (Å²) in [5.74, 6) is -0.351. The lowest BCUT2D eigenvalue weighted by Crippen LogP contribution is -2.30. The largest absolute Gasteiger partial charge is 0.310 e. The van der Waals surface area contributed by atoms with Gasteiger partial charge in [0, 0.05) is 5.56 Å². The lowest BCUT2D eigenvalue weighted by Gasteiger charge is -2.08. The van der Waals surface area contributed by atoms with Crippen LogP contribution < -0.4 is 5.32 Å². The number of halogens is 2. The first-order valence-corrected chi connectivity index (χ1v) is 4.12. The second-order valence-corrected chi connectivity index (χ2v) is 2.88. The van der Waals surface area contributed by atoms with Crippen LogP contribution in [0.5, 0.6) is 0 Å². The Morgan fingerprint density at radius 3 is 2.29 bits per heavy atom. The summed E-state index contributed by atoms with van der Waals surface area (Å²) >= 11 is 0. The maximum absolute atomic E-state index is 12.5. The number of nitrogens with one attached hydrogen (secondary N) is 1. The van der Waals surface area contributed by atoms with E-state index in [1.54, 1.807) is 14.0 Å². The van der Waals surface area contributed by atoms with E-state index in [4.69, 9.17) is 0 Å². The molecule has 0 heterocycles. The normalized spacial score (nSPS) is 11.6. The molecule has 0 radical (unpaired) electrons. The first-order chi connectivity index (χ1) is 6.15. The molecule has 0 aliphatic carbocycles. The Bertz CT molecular complexity index is 299. The van der Waals surface area contributed by atoms with E-state index in [-0.39, 0.29) is 30.0 Å². The van der Waals surface area contributed by atoms with Crippen LogP contribution >= 0.6 is 12.4 Å². The van der Waals surface area contributed by atoms with Crippen LogP contribution in [0.4, 0.5) is 4.39 Å². The van der Waals surface area contributed by atoms with Crippen LogP contribution in [-0.4, -0.2) is 18.9 Å². The molecule has 2 nitrogen and oxygen atoms in total. The van der Waals surface area contributed by atoms with Gasteiger partial charge in [-0.25, -0.2) is 4.39 Å². The monoisotopic (exact) mass is 217 g/mol. The summed E-state index contributed by atoms with van der Waals surface area (Å²) in [5, 5.41) is 2.83. The third-order valence-corrected chi connectivity index (χ3v) is 1.96. The highest BCUT2D eigenvalue weighted by Crippen LogP contribution is 2.05. The maximum Gasteiger partial charge on any atom is 0.179 e. The predicted octanol–water partition coefficient (Wildman–Crippen LogP) is 2.04. The fraction of sp³-hybridized carbons (Fsp3) is 0.300. The SMILES string of the molecule is CNC(C)C(=O)c1ccc(F)cc1.Cl. The van der Waals surface area contributed by atoms with Gasteiger partial charge in [-0.2, -0.15) is 0 Å². The van der Waals surface area contributed by atoms with E-state index in [2.05, 4.69) is 5.32 Å². The van der Waals surface area contributed by atoms with Crippen molar-refractivity contribution in [3.63, 3.8) is 0 Å². The van der Waals surface area contributed by atoms with Crippen molar-refractivity contribution in [1.29, 1.82) is 0 Å². The molecular formula is C10H13ClFNO. The average molecular weight is 218 g/mol. The zero-order valence-corrected chi connectivity index (χ0v) is 8.90. The number of Topliss-reactive ketones (excluding diaryl/α,β-unsaturated/α-hetero) is 1. The molecule has 0 bridgehead atoms. The van der Waals surface area contributed by atoms with E-state index < -0.39 is 0 Å². The molecule has 0 amide bonds. The van der Waals surface area contributed by atoms with E-state index in [1.165, 1.54) is 24.3 Å². The topological polar surface area (TPSA) is 29.1 Å². The van der Waals surface area contributed by atoms with Gasteiger partial charge in [-0.15, -0.1) is 12.4 Å². The lowest BCUT2D eigenvalue weighted by atomic mass is 10.1. The van der Waals surface area contributed by atoms with Crippen molar-refractivity contribution in [2.24, 2.45) is 0 Å². The fourth-order valence-electron chi connectivity index (χ4n) is 0.995. The third kappa shape index (κ3) is 3.09. The van der Waals surface area contributed by atoms with Crippen LogP contribution in [-0.2, 0) is 0 Å². The first kappa shape index (κ1) is 13.1. The Morgan fingerprint density at radius 1 is 1.36 bits per heavy atom. The van der Waals surface area contributed by atoms with Gasteiger partial charge in [0.25, 0.3) is 0 Å². The summed E-state index contributed by atoms with van der Waals surface area (Å²) in [5.41, 5.74) is 0.531. The zero-order chi connectivity index (χ0) is 9.84. The molecular weight excluding hydrogens is 205 g/mol. The van der Waals surface area contributed by atoms with E-state index in [0.717, 1.165) is 0 Å². The maximum atomic E-state index is 12.5. The summed E-state index contributed by atoms with van der Waals surface area (Å²) in [6.07, 6.45) is 0. The highest BCUT2D eigenvalue weighted by atomic mass is 35.5. The van der Waals surface area contributed by atoms with Crippen LogP contribution in [0.15, 0.2) is 24.3 Å². The second-order valence-electron chi connectivity index (χ2n) is 2.88. The molecule has 1 atom stereocenters. The van der Waals surface area contributed by atoms with Gasteiger partial charge in [0.1, 0.15) is 5.82 Å². The van der Waals surface area contributed by atoms with Crippen LogP contribution in [0.1, 0.15) is 17.3 Å².